The van der Waals surface area contributed by atoms with Crippen LogP contribution in [0.1, 0.15) is 5.76 Å². The summed E-state index contributed by atoms with van der Waals surface area (Å²) in [5.74, 6) is -2.08. The van der Waals surface area contributed by atoms with E-state index in [1.807, 2.05) is 0 Å². The van der Waals surface area contributed by atoms with Crippen molar-refractivity contribution in [2.24, 2.45) is 0 Å². The molecular weight excluding hydrogens is 406 g/mol. The average molecular weight is 412 g/mol. The fraction of sp³-hybridized carbons (Fsp3) is 0.0909. The summed E-state index contributed by atoms with van der Waals surface area (Å²) in [7, 11) is 0. The van der Waals surface area contributed by atoms with Crippen LogP contribution in [-0.4, -0.2) is 4.92 Å². The lowest BCUT2D eigenvalue weighted by Crippen LogP contribution is -2.05. The summed E-state index contributed by atoms with van der Waals surface area (Å²) in [6.45, 7) is -0.0363. The van der Waals surface area contributed by atoms with E-state index in [1.165, 1.54) is 0 Å². The maximum Gasteiger partial charge on any atom is 0.295 e. The fourth-order valence-electron chi connectivity index (χ4n) is 1.51. The molecule has 0 saturated heterocycles. The van der Waals surface area contributed by atoms with Gasteiger partial charge in [-0.25, -0.2) is 8.78 Å². The molecule has 1 aromatic heterocycles. The van der Waals surface area contributed by atoms with Gasteiger partial charge in [0.05, 0.1) is 15.9 Å². The number of nitro benzene ring substituents is 1. The number of nitrogens with zero attached hydrogens (tertiary/aromatic N) is 1. The summed E-state index contributed by atoms with van der Waals surface area (Å²) < 4.78 is 33.1. The topological polar surface area (TPSA) is 68.3 Å². The monoisotopic (exact) mass is 410 g/mol. The van der Waals surface area contributed by atoms with E-state index in [1.54, 1.807) is 6.07 Å². The summed E-state index contributed by atoms with van der Waals surface area (Å²) in [5.41, 5.74) is -1.06. The second kappa shape index (κ2) is 5.88. The van der Waals surface area contributed by atoms with Crippen LogP contribution in [0.3, 0.4) is 0 Å². The second-order valence-electron chi connectivity index (χ2n) is 3.70. The lowest BCUT2D eigenvalue weighted by Gasteiger charge is -2.07. The van der Waals surface area contributed by atoms with Crippen molar-refractivity contribution in [3.05, 3.63) is 54.9 Å². The Morgan fingerprint density at radius 3 is 2.60 bits per heavy atom. The first-order valence-electron chi connectivity index (χ1n) is 5.20. The number of rotatable bonds is 4. The number of anilines is 1. The molecule has 106 valence electrons. The molecule has 1 N–H and O–H groups in total. The zero-order valence-electron chi connectivity index (χ0n) is 9.62. The molecule has 0 bridgehead atoms. The summed E-state index contributed by atoms with van der Waals surface area (Å²) in [6, 6.07) is 3.20. The van der Waals surface area contributed by atoms with Crippen LogP contribution in [-0.2, 0) is 6.54 Å². The van der Waals surface area contributed by atoms with Crippen LogP contribution in [0.5, 0.6) is 0 Å². The highest BCUT2D eigenvalue weighted by Crippen LogP contribution is 2.31. The van der Waals surface area contributed by atoms with Gasteiger partial charge in [0, 0.05) is 6.07 Å². The van der Waals surface area contributed by atoms with Crippen molar-refractivity contribution in [3.8, 4) is 0 Å². The predicted molar refractivity (Wildman–Crippen MR) is 74.4 cm³/mol. The van der Waals surface area contributed by atoms with E-state index in [9.17, 15) is 18.9 Å². The van der Waals surface area contributed by atoms with Crippen molar-refractivity contribution in [2.75, 3.05) is 5.32 Å². The maximum atomic E-state index is 13.6. The molecule has 0 unspecified atom stereocenters. The van der Waals surface area contributed by atoms with Crippen LogP contribution >= 0.6 is 31.9 Å². The van der Waals surface area contributed by atoms with Crippen LogP contribution in [0.15, 0.2) is 31.8 Å². The van der Waals surface area contributed by atoms with Crippen LogP contribution in [0.25, 0.3) is 0 Å². The fourth-order valence-corrected chi connectivity index (χ4v) is 2.17. The van der Waals surface area contributed by atoms with Gasteiger partial charge < -0.3 is 9.73 Å². The van der Waals surface area contributed by atoms with Crippen molar-refractivity contribution in [3.63, 3.8) is 0 Å². The summed E-state index contributed by atoms with van der Waals surface area (Å²) in [5, 5.41) is 13.3. The highest BCUT2D eigenvalue weighted by molar-refractivity contribution is 9.13. The van der Waals surface area contributed by atoms with Crippen molar-refractivity contribution in [1.82, 2.24) is 0 Å². The minimum absolute atomic E-state index is 0.0363. The van der Waals surface area contributed by atoms with Crippen molar-refractivity contribution in [2.45, 2.75) is 6.54 Å². The number of nitro groups is 1. The smallest absolute Gasteiger partial charge is 0.295 e. The Bertz CT molecular complexity index is 656. The van der Waals surface area contributed by atoms with Crippen LogP contribution < -0.4 is 5.32 Å². The van der Waals surface area contributed by atoms with Crippen LogP contribution in [0, 0.1) is 21.7 Å². The number of halogens is 4. The number of hydrogen-bond donors (Lipinski definition) is 1. The van der Waals surface area contributed by atoms with Gasteiger partial charge in [-0.15, -0.1) is 0 Å². The number of hydrogen-bond acceptors (Lipinski definition) is 4. The molecule has 0 amide bonds. The lowest BCUT2D eigenvalue weighted by atomic mass is 10.2. The minimum Gasteiger partial charge on any atom is -0.451 e. The largest absolute Gasteiger partial charge is 0.451 e. The Morgan fingerprint density at radius 1 is 1.35 bits per heavy atom. The Hall–Kier alpha value is -1.48. The molecule has 0 saturated carbocycles. The van der Waals surface area contributed by atoms with Gasteiger partial charge in [0.25, 0.3) is 5.69 Å². The molecule has 0 radical (unpaired) electrons. The standard InChI is InChI=1S/C11H6Br2F2N2O3/c12-6-3-5(20-11(6)13)4-16-10-8(17(18)19)2-1-7(14)9(10)15/h1-3,16H,4H2. The third-order valence-electron chi connectivity index (χ3n) is 2.41. The molecule has 20 heavy (non-hydrogen) atoms. The number of furan rings is 1. The molecular formula is C11H6Br2F2N2O3. The molecule has 0 aliphatic heterocycles. The quantitative estimate of drug-likeness (QED) is 0.589. The summed E-state index contributed by atoms with van der Waals surface area (Å²) in [4.78, 5) is 10.0. The zero-order valence-corrected chi connectivity index (χ0v) is 12.8. The van der Waals surface area contributed by atoms with Gasteiger partial charge in [0.2, 0.25) is 0 Å². The molecule has 0 fully saturated rings. The predicted octanol–water partition coefficient (Wildman–Crippen LogP) is 4.60. The molecule has 5 nitrogen and oxygen atoms in total. The van der Waals surface area contributed by atoms with E-state index in [-0.39, 0.29) is 6.54 Å². The maximum absolute atomic E-state index is 13.6. The van der Waals surface area contributed by atoms with Gasteiger partial charge in [-0.2, -0.15) is 0 Å². The minimum atomic E-state index is -1.30. The highest BCUT2D eigenvalue weighted by atomic mass is 79.9. The normalized spacial score (nSPS) is 10.6. The average Bonchev–Trinajstić information content (AvgIpc) is 2.70. The van der Waals surface area contributed by atoms with Gasteiger partial charge in [-0.3, -0.25) is 10.1 Å². The van der Waals surface area contributed by atoms with E-state index in [2.05, 4.69) is 37.2 Å². The Morgan fingerprint density at radius 2 is 2.05 bits per heavy atom. The van der Waals surface area contributed by atoms with Gasteiger partial charge in [0.1, 0.15) is 5.76 Å². The van der Waals surface area contributed by atoms with Crippen molar-refractivity contribution < 1.29 is 18.1 Å². The lowest BCUT2D eigenvalue weighted by molar-refractivity contribution is -0.384. The first kappa shape index (κ1) is 14.9. The number of benzene rings is 1. The van der Waals surface area contributed by atoms with E-state index in [0.29, 0.717) is 21.0 Å². The van der Waals surface area contributed by atoms with E-state index >= 15 is 0 Å². The highest BCUT2D eigenvalue weighted by Gasteiger charge is 2.21. The third-order valence-corrected chi connectivity index (χ3v) is 4.12. The first-order valence-corrected chi connectivity index (χ1v) is 6.78. The molecule has 9 heteroatoms. The first-order chi connectivity index (χ1) is 9.40. The Labute approximate surface area is 128 Å². The van der Waals surface area contributed by atoms with E-state index in [0.717, 1.165) is 6.07 Å². The van der Waals surface area contributed by atoms with Gasteiger partial charge in [-0.05, 0) is 44.0 Å². The molecule has 0 spiro atoms. The summed E-state index contributed by atoms with van der Waals surface area (Å²) in [6.07, 6.45) is 0. The third kappa shape index (κ3) is 2.98. The molecule has 2 rings (SSSR count). The SMILES string of the molecule is O=[N+]([O-])c1ccc(F)c(F)c1NCc1cc(Br)c(Br)o1. The van der Waals surface area contributed by atoms with Crippen LogP contribution in [0.4, 0.5) is 20.2 Å². The molecule has 1 aromatic carbocycles. The molecule has 2 aromatic rings. The Kier molecular flexibility index (Phi) is 4.39. The van der Waals surface area contributed by atoms with Crippen molar-refractivity contribution >= 4 is 43.2 Å². The second-order valence-corrected chi connectivity index (χ2v) is 5.28. The van der Waals surface area contributed by atoms with Gasteiger partial charge >= 0.3 is 0 Å². The Balaban J connectivity index is 2.28. The summed E-state index contributed by atoms with van der Waals surface area (Å²) >= 11 is 6.32. The molecule has 0 aliphatic rings. The zero-order chi connectivity index (χ0) is 14.9. The van der Waals surface area contributed by atoms with Gasteiger partial charge in [0.15, 0.2) is 22.0 Å². The van der Waals surface area contributed by atoms with Gasteiger partial charge in [-0.1, -0.05) is 0 Å². The number of nitrogens with one attached hydrogen (secondary N) is 1. The molecule has 0 atom stereocenters. The van der Waals surface area contributed by atoms with Crippen LogP contribution in [0.2, 0.25) is 0 Å². The molecule has 0 aliphatic carbocycles. The van der Waals surface area contributed by atoms with E-state index in [4.69, 9.17) is 4.42 Å². The van der Waals surface area contributed by atoms with Crippen molar-refractivity contribution in [1.29, 1.82) is 0 Å². The molecule has 1 heterocycles. The van der Waals surface area contributed by atoms with E-state index < -0.39 is 27.9 Å².